The number of nitrogens with one attached hydrogen (secondary N) is 1. The number of aryl methyl sites for hydroxylation is 1. The molecule has 4 saturated heterocycles. The van der Waals surface area contributed by atoms with Gasteiger partial charge in [-0.25, -0.2) is 9.97 Å². The van der Waals surface area contributed by atoms with Crippen molar-refractivity contribution in [1.82, 2.24) is 25.2 Å². The molecule has 218 valence electrons. The van der Waals surface area contributed by atoms with Crippen LogP contribution < -0.4 is 15.1 Å². The summed E-state index contributed by atoms with van der Waals surface area (Å²) in [5, 5.41) is 3.44. The van der Waals surface area contributed by atoms with E-state index in [1.54, 1.807) is 13.2 Å². The van der Waals surface area contributed by atoms with Gasteiger partial charge in [0.15, 0.2) is 5.60 Å². The molecule has 1 N–H and O–H groups in total. The van der Waals surface area contributed by atoms with Gasteiger partial charge in [-0.2, -0.15) is 13.2 Å². The molecular weight excluding hydrogens is 523 g/mol. The summed E-state index contributed by atoms with van der Waals surface area (Å²) in [5.41, 5.74) is 2.73. The summed E-state index contributed by atoms with van der Waals surface area (Å²) in [6.07, 6.45) is -1.23. The molecule has 6 heterocycles. The molecule has 4 aliphatic heterocycles. The molecule has 2 aromatic rings. The molecule has 0 radical (unpaired) electrons. The molecule has 0 saturated carbocycles. The number of piperidine rings is 1. The predicted octanol–water partition coefficient (Wildman–Crippen LogP) is 2.94. The molecule has 0 amide bonds. The highest BCUT2D eigenvalue weighted by Gasteiger charge is 2.45. The molecule has 40 heavy (non-hydrogen) atoms. The SMILES string of the molecule is COC1(c2nccc(C)c2C2CCN(c3cc(N4CC(N5CCN[C@H](C)C5)C4)nc(C(F)(F)F)n3)CC2)COC1. The molecule has 4 aliphatic rings. The van der Waals surface area contributed by atoms with Crippen LogP contribution in [-0.2, 0) is 21.3 Å². The number of rotatable bonds is 6. The largest absolute Gasteiger partial charge is 0.451 e. The van der Waals surface area contributed by atoms with E-state index in [1.165, 1.54) is 5.56 Å². The topological polar surface area (TPSA) is 78.9 Å². The molecule has 0 aromatic carbocycles. The average Bonchev–Trinajstić information content (AvgIpc) is 2.87. The Kier molecular flexibility index (Phi) is 7.39. The van der Waals surface area contributed by atoms with Crippen molar-refractivity contribution in [2.24, 2.45) is 0 Å². The van der Waals surface area contributed by atoms with Crippen molar-refractivity contribution >= 4 is 11.6 Å². The minimum atomic E-state index is -4.61. The van der Waals surface area contributed by atoms with Gasteiger partial charge in [-0.05, 0) is 49.8 Å². The summed E-state index contributed by atoms with van der Waals surface area (Å²) >= 11 is 0. The number of nitrogens with zero attached hydrogens (tertiary/aromatic N) is 6. The molecule has 4 fully saturated rings. The van der Waals surface area contributed by atoms with Crippen LogP contribution >= 0.6 is 0 Å². The van der Waals surface area contributed by atoms with Gasteiger partial charge in [0.2, 0.25) is 5.82 Å². The van der Waals surface area contributed by atoms with Crippen LogP contribution in [0.5, 0.6) is 0 Å². The molecular formula is C28H38F3N7O2. The standard InChI is InChI=1S/C28H38F3N7O2/c1-18-4-7-33-25(27(39-3)16-40-17-27)24(18)20-5-9-36(10-6-20)22-12-23(35-26(34-22)28(29,30)31)38-14-21(15-38)37-11-8-32-19(2)13-37/h4,7,12,19-21,32H,5-6,8-11,13-17H2,1-3H3/t19-/m1/s1. The molecule has 1 atom stereocenters. The first-order valence-electron chi connectivity index (χ1n) is 14.2. The summed E-state index contributed by atoms with van der Waals surface area (Å²) in [7, 11) is 1.69. The Balaban J connectivity index is 1.18. The maximum Gasteiger partial charge on any atom is 0.451 e. The van der Waals surface area contributed by atoms with Gasteiger partial charge in [0, 0.05) is 77.3 Å². The molecule has 12 heteroatoms. The van der Waals surface area contributed by atoms with Gasteiger partial charge in [0.25, 0.3) is 0 Å². The summed E-state index contributed by atoms with van der Waals surface area (Å²) in [5.74, 6) is -0.137. The lowest BCUT2D eigenvalue weighted by molar-refractivity contribution is -0.205. The third-order valence-corrected chi connectivity index (χ3v) is 8.98. The first-order valence-corrected chi connectivity index (χ1v) is 14.2. The van der Waals surface area contributed by atoms with Crippen molar-refractivity contribution in [2.45, 2.75) is 56.5 Å². The van der Waals surface area contributed by atoms with Crippen molar-refractivity contribution in [3.05, 3.63) is 41.0 Å². The molecule has 6 rings (SSSR count). The van der Waals surface area contributed by atoms with Gasteiger partial charge in [-0.15, -0.1) is 0 Å². The van der Waals surface area contributed by atoms with Crippen molar-refractivity contribution in [1.29, 1.82) is 0 Å². The maximum absolute atomic E-state index is 13.9. The fraction of sp³-hybridized carbons (Fsp3) is 0.679. The van der Waals surface area contributed by atoms with Crippen molar-refractivity contribution in [3.8, 4) is 0 Å². The minimum absolute atomic E-state index is 0.230. The molecule has 0 bridgehead atoms. The number of hydrogen-bond donors (Lipinski definition) is 1. The smallest absolute Gasteiger partial charge is 0.374 e. The Labute approximate surface area is 233 Å². The lowest BCUT2D eigenvalue weighted by Gasteiger charge is -2.48. The third-order valence-electron chi connectivity index (χ3n) is 8.98. The maximum atomic E-state index is 13.9. The Morgan fingerprint density at radius 3 is 2.35 bits per heavy atom. The first-order chi connectivity index (χ1) is 19.2. The summed E-state index contributed by atoms with van der Waals surface area (Å²) in [4.78, 5) is 19.0. The second-order valence-corrected chi connectivity index (χ2v) is 11.7. The molecule has 0 unspecified atom stereocenters. The zero-order chi connectivity index (χ0) is 28.1. The number of ether oxygens (including phenoxy) is 2. The lowest BCUT2D eigenvalue weighted by Crippen LogP contribution is -2.64. The number of aromatic nitrogens is 3. The van der Waals surface area contributed by atoms with E-state index in [0.29, 0.717) is 63.1 Å². The van der Waals surface area contributed by atoms with Gasteiger partial charge in [0.1, 0.15) is 11.6 Å². The zero-order valence-electron chi connectivity index (χ0n) is 23.4. The molecule has 0 aliphatic carbocycles. The van der Waals surface area contributed by atoms with Crippen molar-refractivity contribution < 1.29 is 22.6 Å². The van der Waals surface area contributed by atoms with Crippen LogP contribution in [0.2, 0.25) is 0 Å². The van der Waals surface area contributed by atoms with E-state index >= 15 is 0 Å². The first kappa shape index (κ1) is 27.6. The van der Waals surface area contributed by atoms with Crippen LogP contribution in [0.1, 0.15) is 48.3 Å². The van der Waals surface area contributed by atoms with Crippen LogP contribution in [0.15, 0.2) is 18.3 Å². The number of piperazine rings is 1. The van der Waals surface area contributed by atoms with E-state index in [4.69, 9.17) is 14.5 Å². The monoisotopic (exact) mass is 561 g/mol. The number of methoxy groups -OCH3 is 1. The number of anilines is 2. The van der Waals surface area contributed by atoms with E-state index in [0.717, 1.165) is 43.7 Å². The average molecular weight is 562 g/mol. The third kappa shape index (κ3) is 5.15. The van der Waals surface area contributed by atoms with E-state index < -0.39 is 17.6 Å². The van der Waals surface area contributed by atoms with Crippen LogP contribution in [0, 0.1) is 6.92 Å². The van der Waals surface area contributed by atoms with Gasteiger partial charge < -0.3 is 24.6 Å². The highest BCUT2D eigenvalue weighted by molar-refractivity contribution is 5.54. The van der Waals surface area contributed by atoms with Crippen molar-refractivity contribution in [2.75, 3.05) is 75.9 Å². The van der Waals surface area contributed by atoms with E-state index in [2.05, 4.69) is 34.0 Å². The summed E-state index contributed by atoms with van der Waals surface area (Å²) < 4.78 is 52.9. The van der Waals surface area contributed by atoms with Gasteiger partial charge >= 0.3 is 6.18 Å². The van der Waals surface area contributed by atoms with E-state index in [-0.39, 0.29) is 5.92 Å². The second kappa shape index (κ2) is 10.7. The fourth-order valence-corrected chi connectivity index (χ4v) is 6.52. The second-order valence-electron chi connectivity index (χ2n) is 11.7. The van der Waals surface area contributed by atoms with Crippen LogP contribution in [0.3, 0.4) is 0 Å². The fourth-order valence-electron chi connectivity index (χ4n) is 6.52. The highest BCUT2D eigenvalue weighted by Crippen LogP contribution is 2.41. The number of hydrogen-bond acceptors (Lipinski definition) is 9. The Morgan fingerprint density at radius 2 is 1.75 bits per heavy atom. The Hall–Kier alpha value is -2.54. The van der Waals surface area contributed by atoms with Crippen molar-refractivity contribution in [3.63, 3.8) is 0 Å². The van der Waals surface area contributed by atoms with E-state index in [1.807, 2.05) is 22.1 Å². The summed E-state index contributed by atoms with van der Waals surface area (Å²) in [6, 6.07) is 4.50. The van der Waals surface area contributed by atoms with Gasteiger partial charge in [-0.3, -0.25) is 9.88 Å². The number of pyridine rings is 1. The predicted molar refractivity (Wildman–Crippen MR) is 145 cm³/mol. The molecule has 2 aromatic heterocycles. The normalized spacial score (nSPS) is 24.6. The Bertz CT molecular complexity index is 1210. The minimum Gasteiger partial charge on any atom is -0.374 e. The van der Waals surface area contributed by atoms with Crippen LogP contribution in [0.4, 0.5) is 24.8 Å². The molecule has 9 nitrogen and oxygen atoms in total. The van der Waals surface area contributed by atoms with Gasteiger partial charge in [0.05, 0.1) is 18.9 Å². The van der Waals surface area contributed by atoms with Crippen LogP contribution in [-0.4, -0.2) is 98.1 Å². The number of alkyl halides is 3. The summed E-state index contributed by atoms with van der Waals surface area (Å²) in [6.45, 7) is 10.6. The van der Waals surface area contributed by atoms with Gasteiger partial charge in [-0.1, -0.05) is 0 Å². The molecule has 0 spiro atoms. The zero-order valence-corrected chi connectivity index (χ0v) is 23.4. The number of halogens is 3. The lowest BCUT2D eigenvalue weighted by atomic mass is 9.80. The Morgan fingerprint density at radius 1 is 1.05 bits per heavy atom. The quantitative estimate of drug-likeness (QED) is 0.573. The highest BCUT2D eigenvalue weighted by atomic mass is 19.4. The van der Waals surface area contributed by atoms with E-state index in [9.17, 15) is 13.2 Å². The van der Waals surface area contributed by atoms with Crippen LogP contribution in [0.25, 0.3) is 0 Å².